The summed E-state index contributed by atoms with van der Waals surface area (Å²) in [7, 11) is 0. The van der Waals surface area contributed by atoms with E-state index in [-0.39, 0.29) is 36.1 Å². The Bertz CT molecular complexity index is 1120. The number of rotatable bonds is 13. The Morgan fingerprint density at radius 1 is 0.825 bits per heavy atom. The minimum atomic E-state index is -0.864. The summed E-state index contributed by atoms with van der Waals surface area (Å²) in [5, 5.41) is 3.77. The molecule has 1 fully saturated rings. The number of hydrogen-bond acceptors (Lipinski definition) is 4. The summed E-state index contributed by atoms with van der Waals surface area (Å²) in [6.07, 6.45) is 7.21. The van der Waals surface area contributed by atoms with Crippen molar-refractivity contribution >= 4 is 11.8 Å². The van der Waals surface area contributed by atoms with Crippen molar-refractivity contribution in [3.8, 4) is 0 Å². The van der Waals surface area contributed by atoms with Gasteiger partial charge >= 0.3 is 5.97 Å². The minimum absolute atomic E-state index is 0.00800. The zero-order chi connectivity index (χ0) is 28.4. The highest BCUT2D eigenvalue weighted by molar-refractivity contribution is 5.89. The first-order valence-corrected chi connectivity index (χ1v) is 14.7. The number of allylic oxidation sites excluding steroid dienone is 1. The molecule has 210 valence electrons. The average Bonchev–Trinajstić information content (AvgIpc) is 2.99. The molecule has 0 radical (unpaired) electrons. The molecule has 0 spiro atoms. The highest BCUT2D eigenvalue weighted by Crippen LogP contribution is 2.38. The number of hydrogen-bond donors (Lipinski definition) is 1. The van der Waals surface area contributed by atoms with Crippen LogP contribution in [-0.4, -0.2) is 23.9 Å². The SMILES string of the molecule is C=CC(CC(=O)[C@H](CC(=O)OC1CCCCC1)NC(c1ccccc1)(c1ccccc1)c1ccccc1)C(C)C. The van der Waals surface area contributed by atoms with Gasteiger partial charge in [0.05, 0.1) is 18.0 Å². The zero-order valence-corrected chi connectivity index (χ0v) is 23.9. The molecule has 40 heavy (non-hydrogen) atoms. The van der Waals surface area contributed by atoms with Gasteiger partial charge in [0.25, 0.3) is 0 Å². The molecule has 4 heteroatoms. The van der Waals surface area contributed by atoms with E-state index in [4.69, 9.17) is 4.74 Å². The third-order valence-electron chi connectivity index (χ3n) is 8.22. The van der Waals surface area contributed by atoms with Crippen molar-refractivity contribution in [3.63, 3.8) is 0 Å². The Kier molecular flexibility index (Phi) is 10.5. The number of esters is 1. The Labute approximate surface area is 239 Å². The van der Waals surface area contributed by atoms with Crippen LogP contribution in [0.25, 0.3) is 0 Å². The molecule has 1 unspecified atom stereocenters. The maximum atomic E-state index is 14.1. The normalized spacial score (nSPS) is 15.8. The lowest BCUT2D eigenvalue weighted by Gasteiger charge is -2.40. The van der Waals surface area contributed by atoms with Crippen LogP contribution in [0, 0.1) is 11.8 Å². The van der Waals surface area contributed by atoms with Crippen LogP contribution in [0.3, 0.4) is 0 Å². The Hall–Kier alpha value is -3.50. The summed E-state index contributed by atoms with van der Waals surface area (Å²) in [4.78, 5) is 27.5. The molecule has 1 saturated carbocycles. The van der Waals surface area contributed by atoms with Crippen LogP contribution in [0.15, 0.2) is 104 Å². The summed E-state index contributed by atoms with van der Waals surface area (Å²) in [6.45, 7) is 8.18. The molecule has 2 atom stereocenters. The fourth-order valence-electron chi connectivity index (χ4n) is 5.87. The smallest absolute Gasteiger partial charge is 0.308 e. The minimum Gasteiger partial charge on any atom is -0.462 e. The van der Waals surface area contributed by atoms with Crippen molar-refractivity contribution in [1.82, 2.24) is 5.32 Å². The fraction of sp³-hybridized carbons (Fsp3) is 0.389. The molecule has 0 aliphatic heterocycles. The van der Waals surface area contributed by atoms with E-state index in [1.807, 2.05) is 60.7 Å². The molecule has 4 nitrogen and oxygen atoms in total. The summed E-state index contributed by atoms with van der Waals surface area (Å²) < 4.78 is 5.93. The molecule has 0 heterocycles. The molecule has 3 aromatic rings. The van der Waals surface area contributed by atoms with E-state index in [1.165, 1.54) is 6.42 Å². The number of benzene rings is 3. The van der Waals surface area contributed by atoms with Gasteiger partial charge in [-0.1, -0.05) is 117 Å². The van der Waals surface area contributed by atoms with Gasteiger partial charge in [0.2, 0.25) is 0 Å². The van der Waals surface area contributed by atoms with Gasteiger partial charge in [-0.05, 0) is 54.2 Å². The van der Waals surface area contributed by atoms with E-state index >= 15 is 0 Å². The van der Waals surface area contributed by atoms with Gasteiger partial charge < -0.3 is 4.74 Å². The second-order valence-corrected chi connectivity index (χ2v) is 11.3. The molecule has 0 aromatic heterocycles. The third-order valence-corrected chi connectivity index (χ3v) is 8.22. The molecule has 0 bridgehead atoms. The molecule has 1 aliphatic rings. The van der Waals surface area contributed by atoms with E-state index in [1.54, 1.807) is 0 Å². The molecule has 0 amide bonds. The zero-order valence-electron chi connectivity index (χ0n) is 23.9. The lowest BCUT2D eigenvalue weighted by molar-refractivity contribution is -0.152. The lowest BCUT2D eigenvalue weighted by atomic mass is 9.75. The molecule has 1 N–H and O–H groups in total. The third kappa shape index (κ3) is 7.17. The van der Waals surface area contributed by atoms with Gasteiger partial charge in [-0.25, -0.2) is 0 Å². The highest BCUT2D eigenvalue weighted by Gasteiger charge is 2.41. The molecular formula is C36H43NO3. The van der Waals surface area contributed by atoms with Crippen molar-refractivity contribution in [2.24, 2.45) is 11.8 Å². The Morgan fingerprint density at radius 2 is 1.30 bits per heavy atom. The monoisotopic (exact) mass is 537 g/mol. The van der Waals surface area contributed by atoms with Crippen molar-refractivity contribution in [2.45, 2.75) is 76.5 Å². The number of Topliss-reactive ketones (excluding diaryl/α,β-unsaturated/α-hetero) is 1. The second-order valence-electron chi connectivity index (χ2n) is 11.3. The maximum Gasteiger partial charge on any atom is 0.308 e. The van der Waals surface area contributed by atoms with Crippen LogP contribution in [0.4, 0.5) is 0 Å². The maximum absolute atomic E-state index is 14.1. The van der Waals surface area contributed by atoms with Crippen LogP contribution in [-0.2, 0) is 19.9 Å². The van der Waals surface area contributed by atoms with E-state index < -0.39 is 11.6 Å². The Balaban J connectivity index is 1.78. The van der Waals surface area contributed by atoms with E-state index in [2.05, 4.69) is 62.1 Å². The van der Waals surface area contributed by atoms with Gasteiger partial charge in [-0.15, -0.1) is 6.58 Å². The van der Waals surface area contributed by atoms with Gasteiger partial charge in [0.15, 0.2) is 5.78 Å². The molecule has 3 aromatic carbocycles. The van der Waals surface area contributed by atoms with Crippen LogP contribution < -0.4 is 5.32 Å². The number of carbonyl (C=O) groups excluding carboxylic acids is 2. The molecule has 1 aliphatic carbocycles. The quantitative estimate of drug-likeness (QED) is 0.138. The Morgan fingerprint density at radius 3 is 1.73 bits per heavy atom. The lowest BCUT2D eigenvalue weighted by Crippen LogP contribution is -2.53. The van der Waals surface area contributed by atoms with E-state index in [0.29, 0.717) is 6.42 Å². The summed E-state index contributed by atoms with van der Waals surface area (Å²) >= 11 is 0. The average molecular weight is 538 g/mol. The number of ketones is 1. The van der Waals surface area contributed by atoms with Crippen molar-refractivity contribution in [1.29, 1.82) is 0 Å². The van der Waals surface area contributed by atoms with E-state index in [9.17, 15) is 9.59 Å². The summed E-state index contributed by atoms with van der Waals surface area (Å²) in [5.74, 6) is -0.0453. The van der Waals surface area contributed by atoms with Gasteiger partial charge in [0, 0.05) is 6.42 Å². The first-order valence-electron chi connectivity index (χ1n) is 14.7. The van der Waals surface area contributed by atoms with Crippen LogP contribution >= 0.6 is 0 Å². The predicted molar refractivity (Wildman–Crippen MR) is 162 cm³/mol. The largest absolute Gasteiger partial charge is 0.462 e. The van der Waals surface area contributed by atoms with Gasteiger partial charge in [-0.2, -0.15) is 0 Å². The number of nitrogens with one attached hydrogen (secondary N) is 1. The topological polar surface area (TPSA) is 55.4 Å². The van der Waals surface area contributed by atoms with Crippen LogP contribution in [0.1, 0.15) is 75.5 Å². The fourth-order valence-corrected chi connectivity index (χ4v) is 5.87. The molecular weight excluding hydrogens is 494 g/mol. The van der Waals surface area contributed by atoms with E-state index in [0.717, 1.165) is 42.4 Å². The number of ether oxygens (including phenoxy) is 1. The van der Waals surface area contributed by atoms with Crippen LogP contribution in [0.2, 0.25) is 0 Å². The first kappa shape index (κ1) is 29.5. The summed E-state index contributed by atoms with van der Waals surface area (Å²) in [6, 6.07) is 29.8. The second kappa shape index (κ2) is 14.2. The predicted octanol–water partition coefficient (Wildman–Crippen LogP) is 7.62. The molecule has 4 rings (SSSR count). The van der Waals surface area contributed by atoms with Gasteiger partial charge in [-0.3, -0.25) is 14.9 Å². The standard InChI is InChI=1S/C36H43NO3/c1-4-28(27(2)3)25-34(38)33(26-35(39)40-32-23-15-8-16-24-32)37-36(29-17-9-5-10-18-29,30-19-11-6-12-20-30)31-21-13-7-14-22-31/h4-7,9-14,17-22,27-28,32-33,37H,1,8,15-16,23-26H2,2-3H3/t28?,33-/m0/s1. The van der Waals surface area contributed by atoms with Gasteiger partial charge in [0.1, 0.15) is 6.10 Å². The van der Waals surface area contributed by atoms with Crippen molar-refractivity contribution in [3.05, 3.63) is 120 Å². The van der Waals surface area contributed by atoms with Crippen molar-refractivity contribution in [2.75, 3.05) is 0 Å². The summed E-state index contributed by atoms with van der Waals surface area (Å²) in [5.41, 5.74) is 2.12. The van der Waals surface area contributed by atoms with Crippen LogP contribution in [0.5, 0.6) is 0 Å². The molecule has 0 saturated heterocycles. The highest BCUT2D eigenvalue weighted by atomic mass is 16.5. The first-order chi connectivity index (χ1) is 19.4. The number of carbonyl (C=O) groups is 2. The van der Waals surface area contributed by atoms with Crippen molar-refractivity contribution < 1.29 is 14.3 Å².